The average Bonchev–Trinajstić information content (AvgIpc) is 2.66. The number of benzene rings is 2. The van der Waals surface area contributed by atoms with Crippen LogP contribution in [0.25, 0.3) is 10.8 Å². The zero-order valence-electron chi connectivity index (χ0n) is 16.4. The van der Waals surface area contributed by atoms with Gasteiger partial charge in [-0.2, -0.15) is 0 Å². The first-order chi connectivity index (χ1) is 13.2. The number of amides is 1. The number of anilines is 1. The number of carbonyl (C=O) groups is 1. The summed E-state index contributed by atoms with van der Waals surface area (Å²) in [6.07, 6.45) is 11.8. The van der Waals surface area contributed by atoms with Crippen molar-refractivity contribution in [3.05, 3.63) is 42.5 Å². The van der Waals surface area contributed by atoms with Crippen molar-refractivity contribution in [3.8, 4) is 0 Å². The van der Waals surface area contributed by atoms with Crippen LogP contribution in [-0.4, -0.2) is 11.0 Å². The van der Waals surface area contributed by atoms with E-state index in [0.717, 1.165) is 23.9 Å². The van der Waals surface area contributed by atoms with Crippen molar-refractivity contribution in [1.82, 2.24) is 5.32 Å². The van der Waals surface area contributed by atoms with Gasteiger partial charge in [-0.15, -0.1) is 0 Å². The number of carbonyl (C=O) groups excluding carboxylic acids is 1. The molecule has 2 aromatic carbocycles. The zero-order valence-corrected chi connectivity index (χ0v) is 17.2. The summed E-state index contributed by atoms with van der Waals surface area (Å²) in [5, 5.41) is 8.58. The molecule has 0 heterocycles. The van der Waals surface area contributed by atoms with Crippen LogP contribution in [-0.2, 0) is 4.79 Å². The molecule has 0 spiro atoms. The van der Waals surface area contributed by atoms with E-state index in [1.165, 1.54) is 50.3 Å². The van der Waals surface area contributed by atoms with E-state index >= 15 is 0 Å². The molecular weight excluding hydrogens is 352 g/mol. The van der Waals surface area contributed by atoms with Gasteiger partial charge in [0.1, 0.15) is 0 Å². The molecule has 0 atom stereocenters. The van der Waals surface area contributed by atoms with Gasteiger partial charge in [-0.25, -0.2) is 0 Å². The molecule has 0 bridgehead atoms. The molecule has 27 heavy (non-hydrogen) atoms. The highest BCUT2D eigenvalue weighted by atomic mass is 32.1. The maximum atomic E-state index is 12.0. The van der Waals surface area contributed by atoms with Crippen LogP contribution in [0.4, 0.5) is 5.69 Å². The first-order valence-electron chi connectivity index (χ1n) is 10.3. The fourth-order valence-electron chi connectivity index (χ4n) is 3.21. The van der Waals surface area contributed by atoms with Gasteiger partial charge in [0.2, 0.25) is 5.91 Å². The van der Waals surface area contributed by atoms with E-state index in [2.05, 4.69) is 29.7 Å². The van der Waals surface area contributed by atoms with Gasteiger partial charge in [0.15, 0.2) is 5.11 Å². The highest BCUT2D eigenvalue weighted by Crippen LogP contribution is 2.18. The summed E-state index contributed by atoms with van der Waals surface area (Å²) in [6, 6.07) is 14.2. The number of unbranched alkanes of at least 4 members (excludes halogenated alkanes) is 8. The lowest BCUT2D eigenvalue weighted by Crippen LogP contribution is -2.33. The SMILES string of the molecule is CCCCCCCCCCCC(=O)NC(=S)Nc1ccc2ccccc2c1. The van der Waals surface area contributed by atoms with Crippen molar-refractivity contribution < 1.29 is 4.79 Å². The Morgan fingerprint density at radius 1 is 0.852 bits per heavy atom. The number of thiocarbonyl (C=S) groups is 1. The molecule has 146 valence electrons. The summed E-state index contributed by atoms with van der Waals surface area (Å²) in [6.45, 7) is 2.24. The van der Waals surface area contributed by atoms with Gasteiger partial charge in [0.05, 0.1) is 0 Å². The molecule has 0 aliphatic carbocycles. The molecule has 2 aromatic rings. The van der Waals surface area contributed by atoms with E-state index in [1.54, 1.807) is 0 Å². The minimum absolute atomic E-state index is 0.00349. The Balaban J connectivity index is 1.59. The first kappa shape index (κ1) is 21.4. The predicted octanol–water partition coefficient (Wildman–Crippen LogP) is 6.57. The largest absolute Gasteiger partial charge is 0.332 e. The zero-order chi connectivity index (χ0) is 19.3. The highest BCUT2D eigenvalue weighted by molar-refractivity contribution is 7.80. The maximum Gasteiger partial charge on any atom is 0.226 e. The van der Waals surface area contributed by atoms with Gasteiger partial charge >= 0.3 is 0 Å². The first-order valence-corrected chi connectivity index (χ1v) is 10.7. The molecular formula is C23H32N2OS. The summed E-state index contributed by atoms with van der Waals surface area (Å²) in [5.74, 6) is -0.00349. The van der Waals surface area contributed by atoms with E-state index in [0.29, 0.717) is 11.5 Å². The number of nitrogens with one attached hydrogen (secondary N) is 2. The van der Waals surface area contributed by atoms with Crippen molar-refractivity contribution in [3.63, 3.8) is 0 Å². The average molecular weight is 385 g/mol. The lowest BCUT2D eigenvalue weighted by Gasteiger charge is -2.10. The maximum absolute atomic E-state index is 12.0. The van der Waals surface area contributed by atoms with Crippen LogP contribution in [0.5, 0.6) is 0 Å². The molecule has 0 aliphatic heterocycles. The van der Waals surface area contributed by atoms with Crippen LogP contribution in [0.3, 0.4) is 0 Å². The lowest BCUT2D eigenvalue weighted by molar-refractivity contribution is -0.119. The summed E-state index contributed by atoms with van der Waals surface area (Å²) in [7, 11) is 0. The quantitative estimate of drug-likeness (QED) is 0.340. The third-order valence-electron chi connectivity index (χ3n) is 4.77. The predicted molar refractivity (Wildman–Crippen MR) is 120 cm³/mol. The van der Waals surface area contributed by atoms with Crippen molar-refractivity contribution >= 4 is 39.7 Å². The lowest BCUT2D eigenvalue weighted by atomic mass is 10.1. The third-order valence-corrected chi connectivity index (χ3v) is 4.97. The summed E-state index contributed by atoms with van der Waals surface area (Å²) < 4.78 is 0. The molecule has 0 aliphatic rings. The van der Waals surface area contributed by atoms with Crippen LogP contribution in [0.15, 0.2) is 42.5 Å². The molecule has 0 saturated carbocycles. The molecule has 0 saturated heterocycles. The van der Waals surface area contributed by atoms with Gasteiger partial charge in [0.25, 0.3) is 0 Å². The van der Waals surface area contributed by atoms with Crippen LogP contribution in [0, 0.1) is 0 Å². The van der Waals surface area contributed by atoms with Crippen molar-refractivity contribution in [1.29, 1.82) is 0 Å². The Labute approximate surface area is 168 Å². The van der Waals surface area contributed by atoms with E-state index < -0.39 is 0 Å². The standard InChI is InChI=1S/C23H32N2OS/c1-2-3-4-5-6-7-8-9-10-15-22(26)25-23(27)24-21-17-16-19-13-11-12-14-20(19)18-21/h11-14,16-18H,2-10,15H2,1H3,(H2,24,25,26,27). The number of rotatable bonds is 11. The van der Waals surface area contributed by atoms with Crippen LogP contribution in [0.2, 0.25) is 0 Å². The molecule has 2 N–H and O–H groups in total. The smallest absolute Gasteiger partial charge is 0.226 e. The number of hydrogen-bond donors (Lipinski definition) is 2. The minimum atomic E-state index is -0.00349. The number of fused-ring (bicyclic) bond motifs is 1. The van der Waals surface area contributed by atoms with Crippen LogP contribution >= 0.6 is 12.2 Å². The molecule has 2 rings (SSSR count). The van der Waals surface area contributed by atoms with Gasteiger partial charge in [-0.3, -0.25) is 4.79 Å². The van der Waals surface area contributed by atoms with Crippen molar-refractivity contribution in [2.45, 2.75) is 71.1 Å². The van der Waals surface area contributed by atoms with Gasteiger partial charge in [-0.1, -0.05) is 88.6 Å². The monoisotopic (exact) mass is 384 g/mol. The Bertz CT molecular complexity index is 729. The molecule has 0 aromatic heterocycles. The summed E-state index contributed by atoms with van der Waals surface area (Å²) >= 11 is 5.26. The summed E-state index contributed by atoms with van der Waals surface area (Å²) in [4.78, 5) is 12.0. The van der Waals surface area contributed by atoms with E-state index in [9.17, 15) is 4.79 Å². The molecule has 0 radical (unpaired) electrons. The normalized spacial score (nSPS) is 10.7. The second kappa shape index (κ2) is 12.4. The van der Waals surface area contributed by atoms with E-state index in [4.69, 9.17) is 12.2 Å². The van der Waals surface area contributed by atoms with Crippen LogP contribution < -0.4 is 10.6 Å². The summed E-state index contributed by atoms with van der Waals surface area (Å²) in [5.41, 5.74) is 0.891. The molecule has 4 heteroatoms. The van der Waals surface area contributed by atoms with Crippen molar-refractivity contribution in [2.24, 2.45) is 0 Å². The van der Waals surface area contributed by atoms with E-state index in [-0.39, 0.29) is 5.91 Å². The Hall–Kier alpha value is -1.94. The topological polar surface area (TPSA) is 41.1 Å². The third kappa shape index (κ3) is 8.53. The molecule has 0 unspecified atom stereocenters. The van der Waals surface area contributed by atoms with Crippen molar-refractivity contribution in [2.75, 3.05) is 5.32 Å². The minimum Gasteiger partial charge on any atom is -0.332 e. The Kier molecular flexibility index (Phi) is 9.85. The van der Waals surface area contributed by atoms with Gasteiger partial charge in [0, 0.05) is 12.1 Å². The Morgan fingerprint density at radius 3 is 2.19 bits per heavy atom. The second-order valence-electron chi connectivity index (χ2n) is 7.14. The fraction of sp³-hybridized carbons (Fsp3) is 0.478. The molecule has 3 nitrogen and oxygen atoms in total. The van der Waals surface area contributed by atoms with Crippen LogP contribution in [0.1, 0.15) is 71.1 Å². The fourth-order valence-corrected chi connectivity index (χ4v) is 3.45. The molecule has 0 fully saturated rings. The number of hydrogen-bond acceptors (Lipinski definition) is 2. The van der Waals surface area contributed by atoms with Gasteiger partial charge in [-0.05, 0) is 41.5 Å². The van der Waals surface area contributed by atoms with Gasteiger partial charge < -0.3 is 10.6 Å². The van der Waals surface area contributed by atoms with E-state index in [1.807, 2.05) is 30.3 Å². The Morgan fingerprint density at radius 2 is 1.48 bits per heavy atom. The second-order valence-corrected chi connectivity index (χ2v) is 7.55. The highest BCUT2D eigenvalue weighted by Gasteiger charge is 2.05. The molecule has 1 amide bonds.